The van der Waals surface area contributed by atoms with Crippen molar-refractivity contribution >= 4 is 22.9 Å². The minimum absolute atomic E-state index is 0.267. The quantitative estimate of drug-likeness (QED) is 0.347. The van der Waals surface area contributed by atoms with Crippen LogP contribution in [-0.4, -0.2) is 12.1 Å². The Kier molecular flexibility index (Phi) is 5.85. The van der Waals surface area contributed by atoms with Gasteiger partial charge in [-0.1, -0.05) is 72.3 Å². The molecule has 1 amide bonds. The number of nitrogens with one attached hydrogen (secondary N) is 1. The van der Waals surface area contributed by atoms with Crippen LogP contribution in [0.15, 0.2) is 96.1 Å². The lowest BCUT2D eigenvalue weighted by Crippen LogP contribution is -2.17. The standard InChI is InChI=1S/C26H22N2O2/c1-19-9-11-20(12-10-19)18-30-24-15-13-22(14-16-24)26(29)28-27-17-23-7-4-6-21-5-2-3-8-25(21)23/h2-17H,18H2,1H3,(H,28,29). The number of nitrogens with zero attached hydrogens (tertiary/aromatic N) is 1. The Hall–Kier alpha value is -3.92. The van der Waals surface area contributed by atoms with E-state index in [-0.39, 0.29) is 5.91 Å². The van der Waals surface area contributed by atoms with E-state index in [1.165, 1.54) is 5.56 Å². The summed E-state index contributed by atoms with van der Waals surface area (Å²) in [6.45, 7) is 2.54. The fraction of sp³-hybridized carbons (Fsp3) is 0.0769. The number of hydrogen-bond acceptors (Lipinski definition) is 3. The Balaban J connectivity index is 1.35. The van der Waals surface area contributed by atoms with Gasteiger partial charge in [0.05, 0.1) is 6.21 Å². The molecule has 4 heteroatoms. The molecule has 1 N–H and O–H groups in total. The van der Waals surface area contributed by atoms with Crippen molar-refractivity contribution in [2.24, 2.45) is 5.10 Å². The molecule has 4 rings (SSSR count). The van der Waals surface area contributed by atoms with E-state index in [9.17, 15) is 4.79 Å². The average molecular weight is 394 g/mol. The number of fused-ring (bicyclic) bond motifs is 1. The Morgan fingerprint density at radius 1 is 0.900 bits per heavy atom. The second kappa shape index (κ2) is 9.05. The monoisotopic (exact) mass is 394 g/mol. The lowest BCUT2D eigenvalue weighted by molar-refractivity contribution is 0.0955. The minimum Gasteiger partial charge on any atom is -0.489 e. The molecule has 0 aromatic heterocycles. The van der Waals surface area contributed by atoms with Crippen LogP contribution in [0.5, 0.6) is 5.75 Å². The highest BCUT2D eigenvalue weighted by atomic mass is 16.5. The molecule has 0 aliphatic heterocycles. The molecule has 0 radical (unpaired) electrons. The predicted molar refractivity (Wildman–Crippen MR) is 121 cm³/mol. The van der Waals surface area contributed by atoms with Gasteiger partial charge in [0.1, 0.15) is 12.4 Å². The summed E-state index contributed by atoms with van der Waals surface area (Å²) in [4.78, 5) is 12.4. The van der Waals surface area contributed by atoms with Crippen molar-refractivity contribution in [1.29, 1.82) is 0 Å². The third kappa shape index (κ3) is 4.73. The maximum atomic E-state index is 12.4. The van der Waals surface area contributed by atoms with Gasteiger partial charge in [0, 0.05) is 11.1 Å². The molecule has 0 saturated carbocycles. The SMILES string of the molecule is Cc1ccc(COc2ccc(C(=O)NN=Cc3cccc4ccccc34)cc2)cc1. The number of hydrogen-bond donors (Lipinski definition) is 1. The maximum Gasteiger partial charge on any atom is 0.271 e. The van der Waals surface area contributed by atoms with Crippen molar-refractivity contribution in [3.05, 3.63) is 113 Å². The second-order valence-corrected chi connectivity index (χ2v) is 7.07. The van der Waals surface area contributed by atoms with Crippen LogP contribution in [0.3, 0.4) is 0 Å². The van der Waals surface area contributed by atoms with Gasteiger partial charge in [0.15, 0.2) is 0 Å². The zero-order valence-corrected chi connectivity index (χ0v) is 16.7. The van der Waals surface area contributed by atoms with Crippen molar-refractivity contribution in [1.82, 2.24) is 5.43 Å². The van der Waals surface area contributed by atoms with Crippen molar-refractivity contribution in [2.45, 2.75) is 13.5 Å². The van der Waals surface area contributed by atoms with E-state index >= 15 is 0 Å². The van der Waals surface area contributed by atoms with Crippen LogP contribution in [-0.2, 0) is 6.61 Å². The predicted octanol–water partition coefficient (Wildman–Crippen LogP) is 5.49. The molecule has 0 fully saturated rings. The van der Waals surface area contributed by atoms with Crippen LogP contribution in [0.2, 0.25) is 0 Å². The molecule has 148 valence electrons. The smallest absolute Gasteiger partial charge is 0.271 e. The van der Waals surface area contributed by atoms with E-state index in [4.69, 9.17) is 4.74 Å². The lowest BCUT2D eigenvalue weighted by atomic mass is 10.1. The number of carbonyl (C=O) groups excluding carboxylic acids is 1. The zero-order chi connectivity index (χ0) is 20.8. The van der Waals surface area contributed by atoms with Crippen molar-refractivity contribution in [3.63, 3.8) is 0 Å². The molecular formula is C26H22N2O2. The van der Waals surface area contributed by atoms with E-state index in [0.29, 0.717) is 17.9 Å². The van der Waals surface area contributed by atoms with E-state index in [1.807, 2.05) is 54.6 Å². The Bertz CT molecular complexity index is 1170. The number of hydrazone groups is 1. The van der Waals surface area contributed by atoms with Gasteiger partial charge in [0.2, 0.25) is 0 Å². The molecule has 0 spiro atoms. The Morgan fingerprint density at radius 2 is 1.63 bits per heavy atom. The number of carbonyl (C=O) groups is 1. The van der Waals surface area contributed by atoms with Gasteiger partial charge in [-0.25, -0.2) is 5.43 Å². The summed E-state index contributed by atoms with van der Waals surface area (Å²) in [5.41, 5.74) is 6.38. The van der Waals surface area contributed by atoms with Gasteiger partial charge in [-0.2, -0.15) is 5.10 Å². The van der Waals surface area contributed by atoms with E-state index in [0.717, 1.165) is 21.9 Å². The topological polar surface area (TPSA) is 50.7 Å². The molecule has 4 nitrogen and oxygen atoms in total. The summed E-state index contributed by atoms with van der Waals surface area (Å²) in [6.07, 6.45) is 1.67. The number of rotatable bonds is 6. The molecule has 0 bridgehead atoms. The third-order valence-corrected chi connectivity index (χ3v) is 4.84. The van der Waals surface area contributed by atoms with E-state index in [1.54, 1.807) is 30.5 Å². The number of benzene rings is 4. The first-order valence-corrected chi connectivity index (χ1v) is 9.79. The first-order chi connectivity index (χ1) is 14.7. The molecule has 4 aromatic rings. The number of ether oxygens (including phenoxy) is 1. The van der Waals surface area contributed by atoms with E-state index in [2.05, 4.69) is 29.6 Å². The average Bonchev–Trinajstić information content (AvgIpc) is 2.79. The van der Waals surface area contributed by atoms with Crippen LogP contribution >= 0.6 is 0 Å². The first kappa shape index (κ1) is 19.4. The summed E-state index contributed by atoms with van der Waals surface area (Å²) in [7, 11) is 0. The van der Waals surface area contributed by atoms with Gasteiger partial charge in [-0.3, -0.25) is 4.79 Å². The lowest BCUT2D eigenvalue weighted by Gasteiger charge is -2.07. The van der Waals surface area contributed by atoms with Gasteiger partial charge >= 0.3 is 0 Å². The number of aryl methyl sites for hydroxylation is 1. The number of amides is 1. The van der Waals surface area contributed by atoms with Crippen LogP contribution in [0.4, 0.5) is 0 Å². The van der Waals surface area contributed by atoms with E-state index < -0.39 is 0 Å². The van der Waals surface area contributed by atoms with Gasteiger partial charge in [-0.15, -0.1) is 0 Å². The highest BCUT2D eigenvalue weighted by Crippen LogP contribution is 2.17. The van der Waals surface area contributed by atoms with Crippen LogP contribution in [0, 0.1) is 6.92 Å². The Morgan fingerprint density at radius 3 is 2.43 bits per heavy atom. The van der Waals surface area contributed by atoms with Crippen LogP contribution < -0.4 is 10.2 Å². The van der Waals surface area contributed by atoms with Gasteiger partial charge in [-0.05, 0) is 47.5 Å². The summed E-state index contributed by atoms with van der Waals surface area (Å²) in [6, 6.07) is 29.3. The summed E-state index contributed by atoms with van der Waals surface area (Å²) in [5, 5.41) is 6.34. The van der Waals surface area contributed by atoms with Gasteiger partial charge < -0.3 is 4.74 Å². The normalized spacial score (nSPS) is 11.0. The third-order valence-electron chi connectivity index (χ3n) is 4.84. The van der Waals surface area contributed by atoms with Gasteiger partial charge in [0.25, 0.3) is 5.91 Å². The molecule has 0 heterocycles. The first-order valence-electron chi connectivity index (χ1n) is 9.79. The molecular weight excluding hydrogens is 372 g/mol. The van der Waals surface area contributed by atoms with Crippen molar-refractivity contribution in [2.75, 3.05) is 0 Å². The molecule has 0 saturated heterocycles. The zero-order valence-electron chi connectivity index (χ0n) is 16.7. The molecule has 0 atom stereocenters. The Labute approximate surface area is 175 Å². The largest absolute Gasteiger partial charge is 0.489 e. The fourth-order valence-electron chi connectivity index (χ4n) is 3.14. The molecule has 0 aliphatic carbocycles. The van der Waals surface area contributed by atoms with Crippen LogP contribution in [0.25, 0.3) is 10.8 Å². The molecule has 0 aliphatic rings. The maximum absolute atomic E-state index is 12.4. The van der Waals surface area contributed by atoms with Crippen molar-refractivity contribution < 1.29 is 9.53 Å². The molecule has 30 heavy (non-hydrogen) atoms. The van der Waals surface area contributed by atoms with Crippen LogP contribution in [0.1, 0.15) is 27.0 Å². The molecule has 4 aromatic carbocycles. The summed E-state index contributed by atoms with van der Waals surface area (Å²) >= 11 is 0. The fourth-order valence-corrected chi connectivity index (χ4v) is 3.14. The highest BCUT2D eigenvalue weighted by molar-refractivity contribution is 6.00. The minimum atomic E-state index is -0.267. The summed E-state index contributed by atoms with van der Waals surface area (Å²) < 4.78 is 5.79. The molecule has 0 unspecified atom stereocenters. The van der Waals surface area contributed by atoms with Crippen molar-refractivity contribution in [3.8, 4) is 5.75 Å². The highest BCUT2D eigenvalue weighted by Gasteiger charge is 2.05. The summed E-state index contributed by atoms with van der Waals surface area (Å²) in [5.74, 6) is 0.447. The second-order valence-electron chi connectivity index (χ2n) is 7.07.